The predicted octanol–water partition coefficient (Wildman–Crippen LogP) is 4.70. The van der Waals surface area contributed by atoms with E-state index in [4.69, 9.17) is 0 Å². The zero-order chi connectivity index (χ0) is 11.3. The van der Waals surface area contributed by atoms with Crippen LogP contribution in [0.4, 0.5) is 0 Å². The SMILES string of the molecule is CCCCC(C)(CCC)c1ncsc1C. The lowest BCUT2D eigenvalue weighted by atomic mass is 9.77. The van der Waals surface area contributed by atoms with E-state index in [-0.39, 0.29) is 0 Å². The quantitative estimate of drug-likeness (QED) is 0.684. The molecule has 86 valence electrons. The van der Waals surface area contributed by atoms with E-state index in [9.17, 15) is 0 Å². The van der Waals surface area contributed by atoms with Gasteiger partial charge in [0.2, 0.25) is 0 Å². The summed E-state index contributed by atoms with van der Waals surface area (Å²) in [5, 5.41) is 0. The van der Waals surface area contributed by atoms with Gasteiger partial charge in [0.1, 0.15) is 0 Å². The van der Waals surface area contributed by atoms with E-state index in [0.717, 1.165) is 0 Å². The van der Waals surface area contributed by atoms with E-state index in [1.165, 1.54) is 42.7 Å². The normalized spacial score (nSPS) is 15.2. The molecule has 0 saturated carbocycles. The van der Waals surface area contributed by atoms with Gasteiger partial charge in [0.15, 0.2) is 0 Å². The highest BCUT2D eigenvalue weighted by molar-refractivity contribution is 7.09. The van der Waals surface area contributed by atoms with Gasteiger partial charge in [-0.25, -0.2) is 4.98 Å². The van der Waals surface area contributed by atoms with Crippen molar-refractivity contribution in [2.45, 2.75) is 65.2 Å². The molecule has 0 radical (unpaired) electrons. The molecular weight excluding hydrogens is 202 g/mol. The highest BCUT2D eigenvalue weighted by Crippen LogP contribution is 2.36. The number of nitrogens with zero attached hydrogens (tertiary/aromatic N) is 1. The third-order valence-electron chi connectivity index (χ3n) is 3.20. The first-order valence-corrected chi connectivity index (χ1v) is 6.92. The summed E-state index contributed by atoms with van der Waals surface area (Å²) < 4.78 is 0. The van der Waals surface area contributed by atoms with E-state index in [1.54, 1.807) is 11.3 Å². The molecule has 0 aliphatic heterocycles. The summed E-state index contributed by atoms with van der Waals surface area (Å²) in [4.78, 5) is 5.98. The van der Waals surface area contributed by atoms with Gasteiger partial charge in [-0.05, 0) is 19.8 Å². The summed E-state index contributed by atoms with van der Waals surface area (Å²) in [6.45, 7) is 9.12. The summed E-state index contributed by atoms with van der Waals surface area (Å²) >= 11 is 1.78. The fourth-order valence-electron chi connectivity index (χ4n) is 2.37. The van der Waals surface area contributed by atoms with Gasteiger partial charge in [0, 0.05) is 10.3 Å². The Labute approximate surface area is 97.9 Å². The van der Waals surface area contributed by atoms with Crippen molar-refractivity contribution in [2.75, 3.05) is 0 Å². The van der Waals surface area contributed by atoms with Crippen LogP contribution in [0.3, 0.4) is 0 Å². The second kappa shape index (κ2) is 5.64. The minimum Gasteiger partial charge on any atom is -0.249 e. The fraction of sp³-hybridized carbons (Fsp3) is 0.769. The molecule has 1 nitrogen and oxygen atoms in total. The van der Waals surface area contributed by atoms with Crippen molar-refractivity contribution in [3.8, 4) is 0 Å². The summed E-state index contributed by atoms with van der Waals surface area (Å²) in [6, 6.07) is 0. The Hall–Kier alpha value is -0.370. The maximum atomic E-state index is 4.58. The molecule has 1 atom stereocenters. The third-order valence-corrected chi connectivity index (χ3v) is 3.96. The standard InChI is InChI=1S/C13H23NS/c1-5-7-9-13(4,8-6-2)12-11(3)15-10-14-12/h10H,5-9H2,1-4H3. The monoisotopic (exact) mass is 225 g/mol. The molecule has 0 spiro atoms. The Morgan fingerprint density at radius 2 is 2.00 bits per heavy atom. The molecule has 0 N–H and O–H groups in total. The van der Waals surface area contributed by atoms with Gasteiger partial charge >= 0.3 is 0 Å². The first kappa shape index (κ1) is 12.7. The topological polar surface area (TPSA) is 12.9 Å². The molecule has 15 heavy (non-hydrogen) atoms. The van der Waals surface area contributed by atoms with Crippen LogP contribution in [0.2, 0.25) is 0 Å². The van der Waals surface area contributed by atoms with Gasteiger partial charge in [-0.2, -0.15) is 0 Å². The first-order valence-electron chi connectivity index (χ1n) is 6.04. The molecule has 1 unspecified atom stereocenters. The van der Waals surface area contributed by atoms with Gasteiger partial charge in [-0.15, -0.1) is 11.3 Å². The second-order valence-electron chi connectivity index (χ2n) is 4.67. The average Bonchev–Trinajstić information content (AvgIpc) is 2.62. The number of thiazole rings is 1. The van der Waals surface area contributed by atoms with Crippen LogP contribution in [-0.4, -0.2) is 4.98 Å². The molecule has 0 fully saturated rings. The molecule has 0 saturated heterocycles. The zero-order valence-corrected chi connectivity index (χ0v) is 11.3. The largest absolute Gasteiger partial charge is 0.249 e. The molecular formula is C13H23NS. The lowest BCUT2D eigenvalue weighted by Crippen LogP contribution is -2.23. The van der Waals surface area contributed by atoms with Crippen LogP contribution in [0.25, 0.3) is 0 Å². The van der Waals surface area contributed by atoms with E-state index in [0.29, 0.717) is 5.41 Å². The maximum Gasteiger partial charge on any atom is 0.0797 e. The van der Waals surface area contributed by atoms with Crippen LogP contribution in [0.5, 0.6) is 0 Å². The van der Waals surface area contributed by atoms with Crippen molar-refractivity contribution >= 4 is 11.3 Å². The lowest BCUT2D eigenvalue weighted by molar-refractivity contribution is 0.373. The van der Waals surface area contributed by atoms with E-state index < -0.39 is 0 Å². The van der Waals surface area contributed by atoms with Crippen molar-refractivity contribution in [1.82, 2.24) is 4.98 Å². The Bertz CT molecular complexity index is 292. The highest BCUT2D eigenvalue weighted by atomic mass is 32.1. The number of hydrogen-bond donors (Lipinski definition) is 0. The van der Waals surface area contributed by atoms with Crippen LogP contribution in [-0.2, 0) is 5.41 Å². The molecule has 1 aromatic heterocycles. The Morgan fingerprint density at radius 3 is 2.47 bits per heavy atom. The average molecular weight is 225 g/mol. The minimum atomic E-state index is 0.314. The van der Waals surface area contributed by atoms with Crippen molar-refractivity contribution < 1.29 is 0 Å². The van der Waals surface area contributed by atoms with Crippen molar-refractivity contribution in [1.29, 1.82) is 0 Å². The molecule has 2 heteroatoms. The van der Waals surface area contributed by atoms with Crippen LogP contribution < -0.4 is 0 Å². The van der Waals surface area contributed by atoms with E-state index in [2.05, 4.69) is 32.7 Å². The fourth-order valence-corrected chi connectivity index (χ4v) is 3.09. The molecule has 0 aliphatic carbocycles. The first-order chi connectivity index (χ1) is 7.14. The molecule has 1 aromatic rings. The number of aromatic nitrogens is 1. The van der Waals surface area contributed by atoms with Crippen molar-refractivity contribution in [2.24, 2.45) is 0 Å². The highest BCUT2D eigenvalue weighted by Gasteiger charge is 2.28. The summed E-state index contributed by atoms with van der Waals surface area (Å²) in [5.74, 6) is 0. The van der Waals surface area contributed by atoms with Gasteiger partial charge < -0.3 is 0 Å². The number of aryl methyl sites for hydroxylation is 1. The minimum absolute atomic E-state index is 0.314. The molecule has 0 amide bonds. The second-order valence-corrected chi connectivity index (χ2v) is 5.73. The summed E-state index contributed by atoms with van der Waals surface area (Å²) in [6.07, 6.45) is 6.38. The summed E-state index contributed by atoms with van der Waals surface area (Å²) in [7, 11) is 0. The maximum absolute atomic E-state index is 4.58. The van der Waals surface area contributed by atoms with Gasteiger partial charge in [-0.3, -0.25) is 0 Å². The molecule has 1 rings (SSSR count). The molecule has 0 aliphatic rings. The Kier molecular flexibility index (Phi) is 4.78. The van der Waals surface area contributed by atoms with Crippen LogP contribution in [0, 0.1) is 6.92 Å². The van der Waals surface area contributed by atoms with E-state index >= 15 is 0 Å². The van der Waals surface area contributed by atoms with Gasteiger partial charge in [0.25, 0.3) is 0 Å². The molecule has 0 bridgehead atoms. The Balaban J connectivity index is 2.85. The van der Waals surface area contributed by atoms with Crippen molar-refractivity contribution in [3.05, 3.63) is 16.1 Å². The molecule has 0 aromatic carbocycles. The van der Waals surface area contributed by atoms with Crippen LogP contribution >= 0.6 is 11.3 Å². The smallest absolute Gasteiger partial charge is 0.0797 e. The Morgan fingerprint density at radius 1 is 1.27 bits per heavy atom. The van der Waals surface area contributed by atoms with Gasteiger partial charge in [0.05, 0.1) is 11.2 Å². The number of rotatable bonds is 6. The predicted molar refractivity (Wildman–Crippen MR) is 68.6 cm³/mol. The zero-order valence-electron chi connectivity index (χ0n) is 10.5. The van der Waals surface area contributed by atoms with Crippen LogP contribution in [0.1, 0.15) is 63.4 Å². The molecule has 1 heterocycles. The van der Waals surface area contributed by atoms with Crippen molar-refractivity contribution in [3.63, 3.8) is 0 Å². The number of unbranched alkanes of at least 4 members (excludes halogenated alkanes) is 1. The van der Waals surface area contributed by atoms with Crippen LogP contribution in [0.15, 0.2) is 5.51 Å². The number of hydrogen-bond acceptors (Lipinski definition) is 2. The lowest BCUT2D eigenvalue weighted by Gasteiger charge is -2.28. The summed E-state index contributed by atoms with van der Waals surface area (Å²) in [5.41, 5.74) is 3.65. The third kappa shape index (κ3) is 3.04. The van der Waals surface area contributed by atoms with Gasteiger partial charge in [-0.1, -0.05) is 40.0 Å². The van der Waals surface area contributed by atoms with E-state index in [1.807, 2.05) is 5.51 Å².